The Morgan fingerprint density at radius 3 is 2.61 bits per heavy atom. The van der Waals surface area contributed by atoms with Gasteiger partial charge in [0.05, 0.1) is 5.52 Å². The molecule has 0 radical (unpaired) electrons. The molecule has 3 rings (SSSR count). The van der Waals surface area contributed by atoms with E-state index in [1.807, 2.05) is 30.3 Å². The molecule has 0 N–H and O–H groups in total. The Balaban J connectivity index is 1.68. The summed E-state index contributed by atoms with van der Waals surface area (Å²) in [4.78, 5) is 30.6. The first-order chi connectivity index (χ1) is 11.1. The monoisotopic (exact) mass is 312 g/mol. The average Bonchev–Trinajstić information content (AvgIpc) is 2.61. The molecule has 5 nitrogen and oxygen atoms in total. The summed E-state index contributed by atoms with van der Waals surface area (Å²) in [7, 11) is 0. The largest absolute Gasteiger partial charge is 0.448 e. The second kappa shape index (κ2) is 6.77. The zero-order valence-electron chi connectivity index (χ0n) is 13.2. The van der Waals surface area contributed by atoms with Crippen LogP contribution in [0.4, 0.5) is 0 Å². The third-order valence-corrected chi connectivity index (χ3v) is 4.11. The lowest BCUT2D eigenvalue weighted by molar-refractivity contribution is -0.140. The molecule has 0 aliphatic carbocycles. The van der Waals surface area contributed by atoms with Crippen LogP contribution >= 0.6 is 0 Å². The van der Waals surface area contributed by atoms with Crippen LogP contribution in [0.5, 0.6) is 0 Å². The predicted molar refractivity (Wildman–Crippen MR) is 87.1 cm³/mol. The van der Waals surface area contributed by atoms with Gasteiger partial charge in [0.25, 0.3) is 5.91 Å². The van der Waals surface area contributed by atoms with Crippen molar-refractivity contribution in [2.45, 2.75) is 32.3 Å². The Labute approximate surface area is 135 Å². The second-order valence-corrected chi connectivity index (χ2v) is 5.82. The van der Waals surface area contributed by atoms with Crippen molar-refractivity contribution in [3.63, 3.8) is 0 Å². The lowest BCUT2D eigenvalue weighted by atomic mass is 10.1. The first kappa shape index (κ1) is 15.5. The van der Waals surface area contributed by atoms with Gasteiger partial charge in [-0.05, 0) is 38.3 Å². The van der Waals surface area contributed by atoms with E-state index in [9.17, 15) is 9.59 Å². The molecule has 2 heterocycles. The Bertz CT molecular complexity index is 723. The van der Waals surface area contributed by atoms with E-state index in [0.29, 0.717) is 0 Å². The molecule has 0 bridgehead atoms. The van der Waals surface area contributed by atoms with Gasteiger partial charge >= 0.3 is 5.97 Å². The van der Waals surface area contributed by atoms with E-state index in [2.05, 4.69) is 4.98 Å². The number of aromatic nitrogens is 1. The number of rotatable bonds is 3. The highest BCUT2D eigenvalue weighted by Crippen LogP contribution is 2.14. The van der Waals surface area contributed by atoms with Crippen LogP contribution in [-0.2, 0) is 9.53 Å². The fraction of sp³-hybridized carbons (Fsp3) is 0.389. The van der Waals surface area contributed by atoms with E-state index in [1.165, 1.54) is 0 Å². The number of esters is 1. The molecule has 1 fully saturated rings. The second-order valence-electron chi connectivity index (χ2n) is 5.82. The number of pyridine rings is 1. The van der Waals surface area contributed by atoms with E-state index in [4.69, 9.17) is 4.74 Å². The van der Waals surface area contributed by atoms with Crippen molar-refractivity contribution in [3.05, 3.63) is 42.1 Å². The molecule has 2 aromatic rings. The van der Waals surface area contributed by atoms with Crippen LogP contribution in [0.3, 0.4) is 0 Å². The van der Waals surface area contributed by atoms with E-state index >= 15 is 0 Å². The zero-order valence-corrected chi connectivity index (χ0v) is 13.2. The van der Waals surface area contributed by atoms with Crippen LogP contribution in [0.2, 0.25) is 0 Å². The highest BCUT2D eigenvalue weighted by atomic mass is 16.5. The normalized spacial score (nSPS) is 16.1. The topological polar surface area (TPSA) is 59.5 Å². The number of carbonyl (C=O) groups is 2. The van der Waals surface area contributed by atoms with Gasteiger partial charge in [-0.1, -0.05) is 24.3 Å². The summed E-state index contributed by atoms with van der Waals surface area (Å²) in [6.45, 7) is 3.11. The van der Waals surface area contributed by atoms with Crippen LogP contribution in [0.15, 0.2) is 36.4 Å². The van der Waals surface area contributed by atoms with E-state index in [1.54, 1.807) is 17.9 Å². The van der Waals surface area contributed by atoms with Crippen molar-refractivity contribution in [3.8, 4) is 0 Å². The van der Waals surface area contributed by atoms with Crippen LogP contribution in [0.1, 0.15) is 36.7 Å². The molecule has 120 valence electrons. The molecule has 0 unspecified atom stereocenters. The van der Waals surface area contributed by atoms with Crippen LogP contribution in [-0.4, -0.2) is 41.0 Å². The maximum absolute atomic E-state index is 12.3. The summed E-state index contributed by atoms with van der Waals surface area (Å²) >= 11 is 0. The van der Waals surface area contributed by atoms with E-state index in [-0.39, 0.29) is 11.6 Å². The summed E-state index contributed by atoms with van der Waals surface area (Å²) in [6.07, 6.45) is 2.39. The number of para-hydroxylation sites is 1. The van der Waals surface area contributed by atoms with Crippen LogP contribution < -0.4 is 0 Å². The number of carbonyl (C=O) groups excluding carboxylic acids is 2. The molecule has 1 amide bonds. The van der Waals surface area contributed by atoms with Gasteiger partial charge in [-0.25, -0.2) is 9.78 Å². The molecule has 1 aromatic heterocycles. The average molecular weight is 312 g/mol. The number of amides is 1. The quantitative estimate of drug-likeness (QED) is 0.818. The minimum absolute atomic E-state index is 0.126. The predicted octanol–water partition coefficient (Wildman–Crippen LogP) is 2.79. The summed E-state index contributed by atoms with van der Waals surface area (Å²) in [5.74, 6) is -0.688. The fourth-order valence-corrected chi connectivity index (χ4v) is 2.82. The lowest BCUT2D eigenvalue weighted by Crippen LogP contribution is -2.42. The fourth-order valence-electron chi connectivity index (χ4n) is 2.82. The first-order valence-electron chi connectivity index (χ1n) is 8.01. The number of benzene rings is 1. The summed E-state index contributed by atoms with van der Waals surface area (Å²) < 4.78 is 5.31. The molecule has 0 spiro atoms. The summed E-state index contributed by atoms with van der Waals surface area (Å²) in [5.41, 5.74) is 0.957. The molecule has 5 heteroatoms. The van der Waals surface area contributed by atoms with Crippen molar-refractivity contribution in [1.29, 1.82) is 0 Å². The SMILES string of the molecule is C[C@H](OC(=O)c1ccc2ccccc2n1)C(=O)N1CCCCC1. The summed E-state index contributed by atoms with van der Waals surface area (Å²) in [5, 5.41) is 0.960. The highest BCUT2D eigenvalue weighted by molar-refractivity contribution is 5.93. The van der Waals surface area contributed by atoms with Gasteiger partial charge in [0.15, 0.2) is 6.10 Å². The molecular formula is C18H20N2O3. The Morgan fingerprint density at radius 2 is 1.83 bits per heavy atom. The number of hydrogen-bond donors (Lipinski definition) is 0. The van der Waals surface area contributed by atoms with Gasteiger partial charge in [-0.2, -0.15) is 0 Å². The van der Waals surface area contributed by atoms with Gasteiger partial charge in [0, 0.05) is 18.5 Å². The van der Waals surface area contributed by atoms with E-state index < -0.39 is 12.1 Å². The summed E-state index contributed by atoms with van der Waals surface area (Å²) in [6, 6.07) is 11.0. The van der Waals surface area contributed by atoms with Gasteiger partial charge < -0.3 is 9.64 Å². The van der Waals surface area contributed by atoms with Gasteiger partial charge in [-0.15, -0.1) is 0 Å². The van der Waals surface area contributed by atoms with Gasteiger partial charge in [0.1, 0.15) is 5.69 Å². The molecule has 1 aliphatic heterocycles. The smallest absolute Gasteiger partial charge is 0.357 e. The first-order valence-corrected chi connectivity index (χ1v) is 8.01. The number of fused-ring (bicyclic) bond motifs is 1. The Kier molecular flexibility index (Phi) is 4.55. The number of nitrogens with zero attached hydrogens (tertiary/aromatic N) is 2. The molecule has 0 saturated carbocycles. The maximum atomic E-state index is 12.3. The minimum atomic E-state index is -0.783. The Hall–Kier alpha value is -2.43. The zero-order chi connectivity index (χ0) is 16.2. The molecule has 1 saturated heterocycles. The van der Waals surface area contributed by atoms with Crippen molar-refractivity contribution >= 4 is 22.8 Å². The van der Waals surface area contributed by atoms with Crippen molar-refractivity contribution in [2.75, 3.05) is 13.1 Å². The van der Waals surface area contributed by atoms with Crippen molar-refractivity contribution in [2.24, 2.45) is 0 Å². The van der Waals surface area contributed by atoms with Gasteiger partial charge in [-0.3, -0.25) is 4.79 Å². The minimum Gasteiger partial charge on any atom is -0.448 e. The Morgan fingerprint density at radius 1 is 1.09 bits per heavy atom. The standard InChI is InChI=1S/C18H20N2O3/c1-13(17(21)20-11-5-2-6-12-20)23-18(22)16-10-9-14-7-3-4-8-15(14)19-16/h3-4,7-10,13H,2,5-6,11-12H2,1H3/t13-/m0/s1. The lowest BCUT2D eigenvalue weighted by Gasteiger charge is -2.28. The number of piperidine rings is 1. The molecule has 23 heavy (non-hydrogen) atoms. The van der Waals surface area contributed by atoms with Crippen LogP contribution in [0.25, 0.3) is 10.9 Å². The van der Waals surface area contributed by atoms with Crippen molar-refractivity contribution in [1.82, 2.24) is 9.88 Å². The highest BCUT2D eigenvalue weighted by Gasteiger charge is 2.25. The number of ether oxygens (including phenoxy) is 1. The third-order valence-electron chi connectivity index (χ3n) is 4.11. The maximum Gasteiger partial charge on any atom is 0.357 e. The van der Waals surface area contributed by atoms with Crippen molar-refractivity contribution < 1.29 is 14.3 Å². The van der Waals surface area contributed by atoms with Gasteiger partial charge in [0.2, 0.25) is 0 Å². The molecular weight excluding hydrogens is 292 g/mol. The van der Waals surface area contributed by atoms with E-state index in [0.717, 1.165) is 43.3 Å². The molecule has 1 aromatic carbocycles. The number of likely N-dealkylation sites (tertiary alicyclic amines) is 1. The number of hydrogen-bond acceptors (Lipinski definition) is 4. The third kappa shape index (κ3) is 3.50. The molecule has 1 aliphatic rings. The van der Waals surface area contributed by atoms with Crippen LogP contribution in [0, 0.1) is 0 Å². The molecule has 1 atom stereocenters.